The number of benzene rings is 1. The van der Waals surface area contributed by atoms with E-state index < -0.39 is 43.7 Å². The summed E-state index contributed by atoms with van der Waals surface area (Å²) in [5.74, 6) is -1.46. The van der Waals surface area contributed by atoms with Crippen LogP contribution in [0.15, 0.2) is 12.1 Å². The van der Waals surface area contributed by atoms with Gasteiger partial charge >= 0.3 is 35.7 Å². The molecule has 0 amide bonds. The van der Waals surface area contributed by atoms with Crippen LogP contribution in [0.2, 0.25) is 0 Å². The molecule has 14 heteroatoms. The summed E-state index contributed by atoms with van der Waals surface area (Å²) in [6, 6.07) is 0.769. The summed E-state index contributed by atoms with van der Waals surface area (Å²) in [5, 5.41) is 56.0. The minimum absolute atomic E-state index is 0. The first-order valence-corrected chi connectivity index (χ1v) is 4.28. The molecule has 0 saturated carbocycles. The Bertz CT molecular complexity index is 549. The second kappa shape index (κ2) is 8.62. The Kier molecular flexibility index (Phi) is 8.54. The zero-order chi connectivity index (χ0) is 16.0. The number of hydrogen-bond acceptors (Lipinski definition) is 8. The molecule has 1 aromatic carbocycles. The molecule has 0 fully saturated rings. The molecule has 1 rings (SSSR count). The number of nitro groups is 3. The molecule has 0 aliphatic rings. The van der Waals surface area contributed by atoms with Gasteiger partial charge in [0.15, 0.2) is 0 Å². The van der Waals surface area contributed by atoms with Gasteiger partial charge in [0.25, 0.3) is 17.1 Å². The van der Waals surface area contributed by atoms with E-state index in [4.69, 9.17) is 15.0 Å². The van der Waals surface area contributed by atoms with Crippen molar-refractivity contribution in [1.82, 2.24) is 0 Å². The van der Waals surface area contributed by atoms with Crippen LogP contribution in [0.25, 0.3) is 0 Å². The fourth-order valence-corrected chi connectivity index (χ4v) is 0.961. The number of hydrogen-bond donors (Lipinski definition) is 2. The van der Waals surface area contributed by atoms with Gasteiger partial charge in [0.05, 0.1) is 32.7 Å². The fraction of sp³-hybridized carbons (Fsp3) is 0. The Hall–Kier alpha value is -2.51. The zero-order valence-electron chi connectivity index (χ0n) is 10.2. The first-order chi connectivity index (χ1) is 9.07. The van der Waals surface area contributed by atoms with Gasteiger partial charge in [-0.15, -0.1) is 0 Å². The number of rotatable bonds is 3. The quantitative estimate of drug-likeness (QED) is 0.346. The van der Waals surface area contributed by atoms with E-state index in [2.05, 4.69) is 0 Å². The van der Waals surface area contributed by atoms with Gasteiger partial charge in [0.2, 0.25) is 0 Å². The SMILES string of the molecule is O=C(O)O.O=[N+]([O-])c1cc([N+](=O)[O-])c([O-])c([N+](=O)[O-])c1.[Na+]. The molecule has 13 nitrogen and oxygen atoms in total. The van der Waals surface area contributed by atoms with Crippen molar-refractivity contribution < 1.29 is 64.4 Å². The van der Waals surface area contributed by atoms with Gasteiger partial charge in [0.1, 0.15) is 0 Å². The van der Waals surface area contributed by atoms with Crippen molar-refractivity contribution in [1.29, 1.82) is 0 Å². The Morgan fingerprint density at radius 3 is 1.38 bits per heavy atom. The molecule has 0 heterocycles. The maximum absolute atomic E-state index is 11.1. The largest absolute Gasteiger partial charge is 1.00 e. The van der Waals surface area contributed by atoms with E-state index in [0.29, 0.717) is 12.1 Å². The molecule has 1 aromatic rings. The Morgan fingerprint density at radius 2 is 1.19 bits per heavy atom. The molecule has 0 saturated heterocycles. The van der Waals surface area contributed by atoms with Crippen molar-refractivity contribution in [2.45, 2.75) is 0 Å². The summed E-state index contributed by atoms with van der Waals surface area (Å²) in [4.78, 5) is 36.1. The summed E-state index contributed by atoms with van der Waals surface area (Å²) in [5.41, 5.74) is -3.26. The summed E-state index contributed by atoms with van der Waals surface area (Å²) in [7, 11) is 0. The summed E-state index contributed by atoms with van der Waals surface area (Å²) >= 11 is 0. The first-order valence-electron chi connectivity index (χ1n) is 4.28. The number of non-ortho nitro benzene ring substituents is 1. The monoisotopic (exact) mass is 313 g/mol. The average Bonchev–Trinajstić information content (AvgIpc) is 2.27. The van der Waals surface area contributed by atoms with Crippen molar-refractivity contribution in [3.05, 3.63) is 42.5 Å². The van der Waals surface area contributed by atoms with Crippen LogP contribution in [0.4, 0.5) is 21.9 Å². The van der Waals surface area contributed by atoms with E-state index >= 15 is 0 Å². The first kappa shape index (κ1) is 20.8. The van der Waals surface area contributed by atoms with Crippen LogP contribution in [0, 0.1) is 30.3 Å². The van der Waals surface area contributed by atoms with Crippen molar-refractivity contribution in [3.8, 4) is 5.75 Å². The number of nitro benzene ring substituents is 3. The molecule has 0 atom stereocenters. The van der Waals surface area contributed by atoms with E-state index in [-0.39, 0.29) is 29.6 Å². The molecule has 0 radical (unpaired) electrons. The predicted molar refractivity (Wildman–Crippen MR) is 56.5 cm³/mol. The van der Waals surface area contributed by atoms with Crippen LogP contribution in [0.5, 0.6) is 5.75 Å². The predicted octanol–water partition coefficient (Wildman–Crippen LogP) is -2.29. The fourth-order valence-electron chi connectivity index (χ4n) is 0.961. The number of carbonyl (C=O) groups is 1. The molecule has 0 spiro atoms. The third kappa shape index (κ3) is 6.46. The molecule has 0 unspecified atom stereocenters. The second-order valence-corrected chi connectivity index (χ2v) is 2.87. The molecule has 0 aliphatic carbocycles. The van der Waals surface area contributed by atoms with Crippen molar-refractivity contribution in [3.63, 3.8) is 0 Å². The molecular formula is C7H4N3NaO10. The molecule has 2 N–H and O–H groups in total. The van der Waals surface area contributed by atoms with Gasteiger partial charge in [-0.05, 0) is 0 Å². The maximum atomic E-state index is 11.1. The van der Waals surface area contributed by atoms with Crippen LogP contribution in [0.3, 0.4) is 0 Å². The Labute approximate surface area is 136 Å². The molecular weight excluding hydrogens is 309 g/mol. The van der Waals surface area contributed by atoms with Crippen LogP contribution < -0.4 is 34.7 Å². The van der Waals surface area contributed by atoms with E-state index in [1.165, 1.54) is 0 Å². The Balaban J connectivity index is 0. The van der Waals surface area contributed by atoms with Crippen LogP contribution in [-0.4, -0.2) is 31.1 Å². The van der Waals surface area contributed by atoms with E-state index in [9.17, 15) is 35.4 Å². The van der Waals surface area contributed by atoms with E-state index in [0.717, 1.165) is 0 Å². The van der Waals surface area contributed by atoms with Gasteiger partial charge in [0, 0.05) is 0 Å². The third-order valence-electron chi connectivity index (χ3n) is 1.64. The molecule has 21 heavy (non-hydrogen) atoms. The van der Waals surface area contributed by atoms with Gasteiger partial charge < -0.3 is 15.3 Å². The second-order valence-electron chi connectivity index (χ2n) is 2.87. The van der Waals surface area contributed by atoms with E-state index in [1.807, 2.05) is 0 Å². The summed E-state index contributed by atoms with van der Waals surface area (Å²) in [6.45, 7) is 0. The van der Waals surface area contributed by atoms with Crippen molar-refractivity contribution in [2.75, 3.05) is 0 Å². The molecule has 0 bridgehead atoms. The van der Waals surface area contributed by atoms with Gasteiger partial charge in [-0.3, -0.25) is 30.3 Å². The zero-order valence-corrected chi connectivity index (χ0v) is 12.2. The van der Waals surface area contributed by atoms with Crippen LogP contribution >= 0.6 is 0 Å². The summed E-state index contributed by atoms with van der Waals surface area (Å²) in [6.07, 6.45) is -1.83. The van der Waals surface area contributed by atoms with Crippen molar-refractivity contribution in [2.24, 2.45) is 0 Å². The Morgan fingerprint density at radius 1 is 0.905 bits per heavy atom. The van der Waals surface area contributed by atoms with Gasteiger partial charge in [-0.25, -0.2) is 4.79 Å². The normalized spacial score (nSPS) is 8.57. The molecule has 108 valence electrons. The minimum Gasteiger partial charge on any atom is -0.863 e. The number of nitrogens with zero attached hydrogens (tertiary/aromatic N) is 3. The van der Waals surface area contributed by atoms with Gasteiger partial charge in [-0.1, -0.05) is 0 Å². The minimum atomic E-state index is -1.83. The standard InChI is InChI=1S/C6H3N3O7.CH2O3.Na/c10-6-4(8(13)14)1-3(7(11)12)2-5(6)9(15)16;2-1(3)4;/h1-2,10H;(H2,2,3,4);/q;;+1/p-1. The van der Waals surface area contributed by atoms with Crippen LogP contribution in [0.1, 0.15) is 0 Å². The summed E-state index contributed by atoms with van der Waals surface area (Å²) < 4.78 is 0. The maximum Gasteiger partial charge on any atom is 1.00 e. The van der Waals surface area contributed by atoms with Crippen LogP contribution in [-0.2, 0) is 0 Å². The molecule has 0 aromatic heterocycles. The van der Waals surface area contributed by atoms with Crippen molar-refractivity contribution >= 4 is 23.2 Å². The topological polar surface area (TPSA) is 210 Å². The smallest absolute Gasteiger partial charge is 0.863 e. The van der Waals surface area contributed by atoms with Gasteiger partial charge in [-0.2, -0.15) is 0 Å². The average molecular weight is 313 g/mol. The van der Waals surface area contributed by atoms with E-state index in [1.54, 1.807) is 0 Å². The molecule has 0 aliphatic heterocycles. The number of carboxylic acid groups (broad SMARTS) is 2. The third-order valence-corrected chi connectivity index (χ3v) is 1.64.